The van der Waals surface area contributed by atoms with Gasteiger partial charge in [-0.25, -0.2) is 0 Å². The molecule has 0 fully saturated rings. The number of hydrogen-bond donors (Lipinski definition) is 1. The lowest BCUT2D eigenvalue weighted by Gasteiger charge is -2.24. The Morgan fingerprint density at radius 1 is 1.21 bits per heavy atom. The highest BCUT2D eigenvalue weighted by Crippen LogP contribution is 2.30. The van der Waals surface area contributed by atoms with Crippen LogP contribution in [0.5, 0.6) is 5.75 Å². The fourth-order valence-electron chi connectivity index (χ4n) is 2.24. The number of para-hydroxylation sites is 1. The van der Waals surface area contributed by atoms with E-state index in [4.69, 9.17) is 27.9 Å². The highest BCUT2D eigenvalue weighted by atomic mass is 35.5. The van der Waals surface area contributed by atoms with Gasteiger partial charge in [0.05, 0.1) is 28.9 Å². The van der Waals surface area contributed by atoms with E-state index >= 15 is 0 Å². The van der Waals surface area contributed by atoms with Gasteiger partial charge in [-0.1, -0.05) is 41.4 Å². The molecule has 0 radical (unpaired) electrons. The number of rotatable bonds is 6. The molecule has 0 bridgehead atoms. The summed E-state index contributed by atoms with van der Waals surface area (Å²) in [7, 11) is 3.52. The first-order chi connectivity index (χ1) is 11.4. The molecule has 2 aromatic rings. The van der Waals surface area contributed by atoms with E-state index in [0.29, 0.717) is 22.3 Å². The molecule has 2 rings (SSSR count). The molecule has 24 heavy (non-hydrogen) atoms. The maximum absolute atomic E-state index is 12.5. The van der Waals surface area contributed by atoms with Gasteiger partial charge >= 0.3 is 0 Å². The Hall–Kier alpha value is -1.75. The third kappa shape index (κ3) is 4.63. The molecule has 0 aliphatic rings. The highest BCUT2D eigenvalue weighted by molar-refractivity contribution is 6.39. The summed E-state index contributed by atoms with van der Waals surface area (Å²) in [5.74, 6) is 0.622. The quantitative estimate of drug-likeness (QED) is 0.820. The molecule has 1 atom stereocenters. The minimum atomic E-state index is -0.358. The summed E-state index contributed by atoms with van der Waals surface area (Å²) in [6, 6.07) is 12.5. The Morgan fingerprint density at radius 2 is 1.83 bits per heavy atom. The van der Waals surface area contributed by atoms with Crippen LogP contribution < -0.4 is 10.1 Å². The fourth-order valence-corrected chi connectivity index (χ4v) is 2.73. The molecule has 0 unspecified atom stereocenters. The zero-order valence-corrected chi connectivity index (χ0v) is 15.4. The second kappa shape index (κ2) is 8.38. The topological polar surface area (TPSA) is 41.6 Å². The van der Waals surface area contributed by atoms with Crippen LogP contribution in [-0.2, 0) is 11.3 Å². The normalized spacial score (nSPS) is 12.1. The van der Waals surface area contributed by atoms with Gasteiger partial charge in [0, 0.05) is 6.54 Å². The number of carbonyl (C=O) groups excluding carboxylic acids is 1. The molecule has 1 N–H and O–H groups in total. The van der Waals surface area contributed by atoms with Gasteiger partial charge in [-0.3, -0.25) is 9.69 Å². The number of benzene rings is 2. The second-order valence-corrected chi connectivity index (χ2v) is 6.34. The molecule has 0 heterocycles. The average molecular weight is 367 g/mol. The van der Waals surface area contributed by atoms with E-state index in [1.54, 1.807) is 25.3 Å². The first-order valence-electron chi connectivity index (χ1n) is 7.50. The van der Waals surface area contributed by atoms with Crippen molar-refractivity contribution < 1.29 is 9.53 Å². The summed E-state index contributed by atoms with van der Waals surface area (Å²) in [5.41, 5.74) is 1.50. The lowest BCUT2D eigenvalue weighted by Crippen LogP contribution is -2.39. The Kier molecular flexibility index (Phi) is 6.49. The number of nitrogens with one attached hydrogen (secondary N) is 1. The number of amides is 1. The van der Waals surface area contributed by atoms with Crippen LogP contribution >= 0.6 is 23.2 Å². The Bertz CT molecular complexity index is 702. The smallest absolute Gasteiger partial charge is 0.241 e. The van der Waals surface area contributed by atoms with Crippen molar-refractivity contribution in [2.75, 3.05) is 19.5 Å². The molecule has 0 aromatic heterocycles. The summed E-state index contributed by atoms with van der Waals surface area (Å²) in [6.45, 7) is 2.45. The first kappa shape index (κ1) is 18.6. The average Bonchev–Trinajstić information content (AvgIpc) is 2.57. The molecule has 6 heteroatoms. The predicted molar refractivity (Wildman–Crippen MR) is 99.0 cm³/mol. The van der Waals surface area contributed by atoms with Crippen molar-refractivity contribution in [3.63, 3.8) is 0 Å². The third-order valence-corrected chi connectivity index (χ3v) is 4.45. The zero-order valence-electron chi connectivity index (χ0n) is 13.8. The molecule has 4 nitrogen and oxygen atoms in total. The van der Waals surface area contributed by atoms with E-state index in [9.17, 15) is 4.79 Å². The molecular formula is C18H20Cl2N2O2. The molecular weight excluding hydrogens is 347 g/mol. The van der Waals surface area contributed by atoms with Gasteiger partial charge in [0.2, 0.25) is 5.91 Å². The summed E-state index contributed by atoms with van der Waals surface area (Å²) in [4.78, 5) is 14.4. The number of methoxy groups -OCH3 is 1. The van der Waals surface area contributed by atoms with Gasteiger partial charge in [-0.05, 0) is 43.8 Å². The van der Waals surface area contributed by atoms with Gasteiger partial charge in [0.15, 0.2) is 0 Å². The lowest BCUT2D eigenvalue weighted by atomic mass is 10.1. The van der Waals surface area contributed by atoms with Crippen molar-refractivity contribution in [1.29, 1.82) is 0 Å². The third-order valence-electron chi connectivity index (χ3n) is 3.82. The van der Waals surface area contributed by atoms with E-state index in [-0.39, 0.29) is 11.9 Å². The van der Waals surface area contributed by atoms with Crippen LogP contribution in [0.1, 0.15) is 12.5 Å². The SMILES string of the molecule is COc1cccc(CN(C)[C@@H](C)C(=O)Nc2c(Cl)cccc2Cl)c1. The minimum Gasteiger partial charge on any atom is -0.497 e. The monoisotopic (exact) mass is 366 g/mol. The number of hydrogen-bond acceptors (Lipinski definition) is 3. The van der Waals surface area contributed by atoms with Crippen LogP contribution in [0.2, 0.25) is 10.0 Å². The van der Waals surface area contributed by atoms with Crippen molar-refractivity contribution >= 4 is 34.8 Å². The van der Waals surface area contributed by atoms with Crippen molar-refractivity contribution in [3.8, 4) is 5.75 Å². The van der Waals surface area contributed by atoms with Crippen LogP contribution in [0.4, 0.5) is 5.69 Å². The molecule has 2 aromatic carbocycles. The number of nitrogens with zero attached hydrogens (tertiary/aromatic N) is 1. The van der Waals surface area contributed by atoms with E-state index < -0.39 is 0 Å². The fraction of sp³-hybridized carbons (Fsp3) is 0.278. The second-order valence-electron chi connectivity index (χ2n) is 5.53. The van der Waals surface area contributed by atoms with E-state index in [2.05, 4.69) is 5.32 Å². The summed E-state index contributed by atoms with van der Waals surface area (Å²) in [6.07, 6.45) is 0. The zero-order chi connectivity index (χ0) is 17.7. The molecule has 0 saturated carbocycles. The minimum absolute atomic E-state index is 0.171. The van der Waals surface area contributed by atoms with Gasteiger partial charge in [-0.2, -0.15) is 0 Å². The van der Waals surface area contributed by atoms with Crippen molar-refractivity contribution in [2.24, 2.45) is 0 Å². The van der Waals surface area contributed by atoms with E-state index in [0.717, 1.165) is 11.3 Å². The van der Waals surface area contributed by atoms with Gasteiger partial charge < -0.3 is 10.1 Å². The van der Waals surface area contributed by atoms with Crippen molar-refractivity contribution in [3.05, 3.63) is 58.1 Å². The van der Waals surface area contributed by atoms with Crippen LogP contribution in [-0.4, -0.2) is 31.0 Å². The predicted octanol–water partition coefficient (Wildman–Crippen LogP) is 4.46. The van der Waals surface area contributed by atoms with Gasteiger partial charge in [-0.15, -0.1) is 0 Å². The molecule has 1 amide bonds. The molecule has 128 valence electrons. The molecule has 0 aliphatic carbocycles. The number of carbonyl (C=O) groups is 1. The highest BCUT2D eigenvalue weighted by Gasteiger charge is 2.20. The summed E-state index contributed by atoms with van der Waals surface area (Å²) in [5, 5.41) is 3.63. The largest absolute Gasteiger partial charge is 0.497 e. The van der Waals surface area contributed by atoms with Crippen LogP contribution in [0.15, 0.2) is 42.5 Å². The first-order valence-corrected chi connectivity index (χ1v) is 8.26. The van der Waals surface area contributed by atoms with E-state index in [1.165, 1.54) is 0 Å². The van der Waals surface area contributed by atoms with Crippen LogP contribution in [0, 0.1) is 0 Å². The van der Waals surface area contributed by atoms with Crippen LogP contribution in [0.3, 0.4) is 0 Å². The van der Waals surface area contributed by atoms with Crippen molar-refractivity contribution in [2.45, 2.75) is 19.5 Å². The van der Waals surface area contributed by atoms with Crippen molar-refractivity contribution in [1.82, 2.24) is 4.90 Å². The lowest BCUT2D eigenvalue weighted by molar-refractivity contribution is -0.120. The summed E-state index contributed by atoms with van der Waals surface area (Å²) < 4.78 is 5.22. The van der Waals surface area contributed by atoms with E-state index in [1.807, 2.05) is 43.1 Å². The van der Waals surface area contributed by atoms with Gasteiger partial charge in [0.25, 0.3) is 0 Å². The van der Waals surface area contributed by atoms with Gasteiger partial charge in [0.1, 0.15) is 5.75 Å². The number of anilines is 1. The van der Waals surface area contributed by atoms with Crippen LogP contribution in [0.25, 0.3) is 0 Å². The Labute approximate surface area is 152 Å². The summed E-state index contributed by atoms with van der Waals surface area (Å²) >= 11 is 12.2. The molecule has 0 spiro atoms. The Morgan fingerprint density at radius 3 is 2.46 bits per heavy atom. The number of ether oxygens (including phenoxy) is 1. The molecule has 0 saturated heterocycles. The Balaban J connectivity index is 2.04. The molecule has 0 aliphatic heterocycles. The standard InChI is InChI=1S/C18H20Cl2N2O2/c1-12(18(23)21-17-15(19)8-5-9-16(17)20)22(2)11-13-6-4-7-14(10-13)24-3/h4-10,12H,11H2,1-3H3,(H,21,23)/t12-/m0/s1. The maximum Gasteiger partial charge on any atom is 0.241 e. The number of halogens is 2. The maximum atomic E-state index is 12.5. The number of likely N-dealkylation sites (N-methyl/N-ethyl adjacent to an activating group) is 1.